The molecule has 0 saturated carbocycles. The fourth-order valence-corrected chi connectivity index (χ4v) is 1.94. The molecule has 0 bridgehead atoms. The van der Waals surface area contributed by atoms with Crippen molar-refractivity contribution in [1.29, 1.82) is 0 Å². The lowest BCUT2D eigenvalue weighted by atomic mass is 10.4. The van der Waals surface area contributed by atoms with Crippen LogP contribution < -0.4 is 0 Å². The number of carboxylic acids is 1. The first-order chi connectivity index (χ1) is 5.68. The number of nitrogens with zero attached hydrogens (tertiary/aromatic N) is 2. The molecule has 1 N–H and O–H groups in total. The van der Waals surface area contributed by atoms with E-state index in [-0.39, 0.29) is 5.56 Å². The van der Waals surface area contributed by atoms with Gasteiger partial charge in [0.05, 0.1) is 6.20 Å². The summed E-state index contributed by atoms with van der Waals surface area (Å²) in [6, 6.07) is 0. The van der Waals surface area contributed by atoms with E-state index in [0.29, 0.717) is 4.83 Å². The number of rotatable bonds is 1. The Hall–Kier alpha value is -1.36. The third-order valence-electron chi connectivity index (χ3n) is 1.54. The summed E-state index contributed by atoms with van der Waals surface area (Å²) in [5.41, 5.74) is 0.271. The predicted molar refractivity (Wildman–Crippen MR) is 44.8 cm³/mol. The van der Waals surface area contributed by atoms with Crippen molar-refractivity contribution < 1.29 is 9.90 Å². The molecule has 2 aromatic rings. The number of hydrogen-bond acceptors (Lipinski definition) is 3. The van der Waals surface area contributed by atoms with E-state index in [9.17, 15) is 4.79 Å². The van der Waals surface area contributed by atoms with Crippen LogP contribution in [-0.4, -0.2) is 20.7 Å². The molecule has 0 aliphatic rings. The monoisotopic (exact) mass is 182 g/mol. The molecule has 0 radical (unpaired) electrons. The second-order valence-corrected chi connectivity index (χ2v) is 3.69. The standard InChI is InChI=1S/C7H6N2O2S/c1-4-3-9-6(12-4)5(2-8-9)7(10)11/h2-3H,1H3,(H,10,11). The summed E-state index contributed by atoms with van der Waals surface area (Å²) < 4.78 is 1.59. The number of carboxylic acid groups (broad SMARTS) is 1. The largest absolute Gasteiger partial charge is 0.478 e. The fourth-order valence-electron chi connectivity index (χ4n) is 1.04. The third kappa shape index (κ3) is 0.902. The van der Waals surface area contributed by atoms with Crippen LogP contribution >= 0.6 is 11.3 Å². The van der Waals surface area contributed by atoms with Crippen LogP contribution in [-0.2, 0) is 0 Å². The number of aromatic carboxylic acids is 1. The molecule has 0 aliphatic heterocycles. The van der Waals surface area contributed by atoms with Crippen LogP contribution in [0.25, 0.3) is 4.83 Å². The van der Waals surface area contributed by atoms with Gasteiger partial charge >= 0.3 is 5.97 Å². The van der Waals surface area contributed by atoms with Crippen molar-refractivity contribution in [3.05, 3.63) is 22.8 Å². The Kier molecular flexibility index (Phi) is 1.41. The van der Waals surface area contributed by atoms with E-state index in [2.05, 4.69) is 5.10 Å². The molecule has 4 nitrogen and oxygen atoms in total. The highest BCUT2D eigenvalue weighted by Crippen LogP contribution is 2.20. The second kappa shape index (κ2) is 2.31. The molecule has 0 aromatic carbocycles. The average molecular weight is 182 g/mol. The Morgan fingerprint density at radius 2 is 2.50 bits per heavy atom. The summed E-state index contributed by atoms with van der Waals surface area (Å²) in [7, 11) is 0. The van der Waals surface area contributed by atoms with Gasteiger partial charge in [0.25, 0.3) is 0 Å². The van der Waals surface area contributed by atoms with E-state index in [1.165, 1.54) is 17.5 Å². The highest BCUT2D eigenvalue weighted by atomic mass is 32.1. The molecule has 12 heavy (non-hydrogen) atoms. The Morgan fingerprint density at radius 1 is 1.75 bits per heavy atom. The SMILES string of the molecule is Cc1cn2ncc(C(=O)O)c2s1. The lowest BCUT2D eigenvalue weighted by molar-refractivity contribution is 0.0699. The van der Waals surface area contributed by atoms with E-state index in [1.807, 2.05) is 13.1 Å². The summed E-state index contributed by atoms with van der Waals surface area (Å²) in [5.74, 6) is -0.924. The first-order valence-corrected chi connectivity index (χ1v) is 4.17. The maximum Gasteiger partial charge on any atom is 0.340 e. The van der Waals surface area contributed by atoms with E-state index in [1.54, 1.807) is 4.52 Å². The molecule has 0 atom stereocenters. The number of carbonyl (C=O) groups is 1. The van der Waals surface area contributed by atoms with Gasteiger partial charge in [-0.2, -0.15) is 5.10 Å². The summed E-state index contributed by atoms with van der Waals surface area (Å²) in [6.45, 7) is 1.92. The normalized spacial score (nSPS) is 10.8. The lowest BCUT2D eigenvalue weighted by Gasteiger charge is -1.82. The predicted octanol–water partition coefficient (Wildman–Crippen LogP) is 1.40. The molecular formula is C7H6N2O2S. The van der Waals surface area contributed by atoms with E-state index < -0.39 is 5.97 Å². The Bertz CT molecular complexity index is 443. The minimum atomic E-state index is -0.924. The minimum absolute atomic E-state index is 0.271. The molecule has 0 amide bonds. The molecule has 62 valence electrons. The van der Waals surface area contributed by atoms with Gasteiger partial charge in [0.1, 0.15) is 10.4 Å². The maximum absolute atomic E-state index is 10.6. The van der Waals surface area contributed by atoms with Crippen LogP contribution in [0.2, 0.25) is 0 Å². The molecule has 0 spiro atoms. The molecule has 5 heteroatoms. The Labute approximate surface area is 72.1 Å². The van der Waals surface area contributed by atoms with Crippen molar-refractivity contribution >= 4 is 22.1 Å². The van der Waals surface area contributed by atoms with Gasteiger partial charge < -0.3 is 5.11 Å². The maximum atomic E-state index is 10.6. The third-order valence-corrected chi connectivity index (χ3v) is 2.57. The quantitative estimate of drug-likeness (QED) is 0.725. The number of aromatic nitrogens is 2. The van der Waals surface area contributed by atoms with Gasteiger partial charge in [-0.3, -0.25) is 0 Å². The zero-order valence-corrected chi connectivity index (χ0v) is 7.13. The summed E-state index contributed by atoms with van der Waals surface area (Å²) in [4.78, 5) is 12.4. The summed E-state index contributed by atoms with van der Waals surface area (Å²) in [6.07, 6.45) is 3.18. The van der Waals surface area contributed by atoms with E-state index in [4.69, 9.17) is 5.11 Å². The number of aryl methyl sites for hydroxylation is 1. The van der Waals surface area contributed by atoms with Crippen molar-refractivity contribution in [1.82, 2.24) is 9.61 Å². The first-order valence-electron chi connectivity index (χ1n) is 3.35. The van der Waals surface area contributed by atoms with Gasteiger partial charge in [0.2, 0.25) is 0 Å². The number of hydrogen-bond donors (Lipinski definition) is 1. The highest BCUT2D eigenvalue weighted by Gasteiger charge is 2.12. The van der Waals surface area contributed by atoms with Gasteiger partial charge in [-0.15, -0.1) is 11.3 Å². The highest BCUT2D eigenvalue weighted by molar-refractivity contribution is 7.17. The zero-order valence-electron chi connectivity index (χ0n) is 6.31. The summed E-state index contributed by atoms with van der Waals surface area (Å²) >= 11 is 1.43. The van der Waals surface area contributed by atoms with Crippen LogP contribution in [0, 0.1) is 6.92 Å². The Morgan fingerprint density at radius 3 is 3.17 bits per heavy atom. The molecular weight excluding hydrogens is 176 g/mol. The molecule has 2 heterocycles. The van der Waals surface area contributed by atoms with Crippen molar-refractivity contribution in [2.24, 2.45) is 0 Å². The lowest BCUT2D eigenvalue weighted by Crippen LogP contribution is -1.92. The van der Waals surface area contributed by atoms with Crippen LogP contribution in [0.5, 0.6) is 0 Å². The molecule has 2 aromatic heterocycles. The van der Waals surface area contributed by atoms with Crippen molar-refractivity contribution in [3.63, 3.8) is 0 Å². The van der Waals surface area contributed by atoms with Gasteiger partial charge in [-0.25, -0.2) is 9.31 Å². The van der Waals surface area contributed by atoms with Crippen LogP contribution in [0.15, 0.2) is 12.4 Å². The summed E-state index contributed by atoms with van der Waals surface area (Å²) in [5, 5.41) is 12.6. The van der Waals surface area contributed by atoms with Gasteiger partial charge in [0, 0.05) is 11.1 Å². The molecule has 0 aliphatic carbocycles. The number of fused-ring (bicyclic) bond motifs is 1. The van der Waals surface area contributed by atoms with Crippen LogP contribution in [0.3, 0.4) is 0 Å². The fraction of sp³-hybridized carbons (Fsp3) is 0.143. The minimum Gasteiger partial charge on any atom is -0.478 e. The van der Waals surface area contributed by atoms with Gasteiger partial charge in [-0.05, 0) is 6.92 Å². The first kappa shape index (κ1) is 7.30. The topological polar surface area (TPSA) is 54.6 Å². The molecule has 2 rings (SSSR count). The van der Waals surface area contributed by atoms with Gasteiger partial charge in [0.15, 0.2) is 0 Å². The second-order valence-electron chi connectivity index (χ2n) is 2.45. The van der Waals surface area contributed by atoms with Crippen molar-refractivity contribution in [3.8, 4) is 0 Å². The molecule has 0 fully saturated rings. The zero-order chi connectivity index (χ0) is 8.72. The van der Waals surface area contributed by atoms with Gasteiger partial charge in [-0.1, -0.05) is 0 Å². The smallest absolute Gasteiger partial charge is 0.340 e. The number of thiazole rings is 1. The van der Waals surface area contributed by atoms with E-state index in [0.717, 1.165) is 4.88 Å². The van der Waals surface area contributed by atoms with E-state index >= 15 is 0 Å². The Balaban J connectivity index is 2.76. The van der Waals surface area contributed by atoms with Crippen LogP contribution in [0.1, 0.15) is 15.2 Å². The van der Waals surface area contributed by atoms with Crippen LogP contribution in [0.4, 0.5) is 0 Å². The average Bonchev–Trinajstić information content (AvgIpc) is 2.43. The van der Waals surface area contributed by atoms with Crippen molar-refractivity contribution in [2.45, 2.75) is 6.92 Å². The van der Waals surface area contributed by atoms with Crippen molar-refractivity contribution in [2.75, 3.05) is 0 Å². The molecule has 0 unspecified atom stereocenters. The molecule has 0 saturated heterocycles.